The fourth-order valence-electron chi connectivity index (χ4n) is 1.34. The van der Waals surface area contributed by atoms with E-state index in [2.05, 4.69) is 24.1 Å². The first-order valence-electron chi connectivity index (χ1n) is 4.80. The molecule has 1 aromatic rings. The highest BCUT2D eigenvalue weighted by molar-refractivity contribution is 5.89. The van der Waals surface area contributed by atoms with Crippen LogP contribution in [0.4, 0.5) is 5.69 Å². The molecule has 1 rings (SSSR count). The van der Waals surface area contributed by atoms with Crippen molar-refractivity contribution in [1.29, 1.82) is 0 Å². The lowest BCUT2D eigenvalue weighted by molar-refractivity contribution is -0.114. The van der Waals surface area contributed by atoms with Crippen molar-refractivity contribution in [1.82, 2.24) is 4.98 Å². The van der Waals surface area contributed by atoms with Crippen LogP contribution in [0.1, 0.15) is 26.3 Å². The van der Waals surface area contributed by atoms with Crippen molar-refractivity contribution >= 4 is 11.6 Å². The number of nitrogens with zero attached hydrogens (tertiary/aromatic N) is 1. The Morgan fingerprint density at radius 1 is 1.57 bits per heavy atom. The van der Waals surface area contributed by atoms with Gasteiger partial charge in [-0.15, -0.1) is 0 Å². The fourth-order valence-corrected chi connectivity index (χ4v) is 1.34. The molecule has 0 aliphatic heterocycles. The summed E-state index contributed by atoms with van der Waals surface area (Å²) in [7, 11) is 0. The maximum absolute atomic E-state index is 10.9. The molecule has 1 heterocycles. The van der Waals surface area contributed by atoms with Gasteiger partial charge in [0.2, 0.25) is 5.91 Å². The predicted molar refractivity (Wildman–Crippen MR) is 57.1 cm³/mol. The van der Waals surface area contributed by atoms with Crippen LogP contribution < -0.4 is 5.32 Å². The number of rotatable bonds is 3. The topological polar surface area (TPSA) is 42.0 Å². The van der Waals surface area contributed by atoms with Crippen LogP contribution in [0.5, 0.6) is 0 Å². The molecule has 76 valence electrons. The molecular weight excluding hydrogens is 176 g/mol. The first-order chi connectivity index (χ1) is 6.59. The second kappa shape index (κ2) is 4.74. The molecule has 0 aliphatic carbocycles. The minimum absolute atomic E-state index is 0.0528. The molecule has 0 bridgehead atoms. The lowest BCUT2D eigenvalue weighted by Gasteiger charge is -2.10. The third-order valence-corrected chi connectivity index (χ3v) is 1.85. The summed E-state index contributed by atoms with van der Waals surface area (Å²) in [4.78, 5) is 14.9. The maximum Gasteiger partial charge on any atom is 0.221 e. The normalized spacial score (nSPS) is 10.3. The molecular formula is C11H16N2O. The van der Waals surface area contributed by atoms with Crippen LogP contribution in [0, 0.1) is 5.92 Å². The van der Waals surface area contributed by atoms with Crippen LogP contribution >= 0.6 is 0 Å². The van der Waals surface area contributed by atoms with Crippen LogP contribution in [-0.4, -0.2) is 10.9 Å². The van der Waals surface area contributed by atoms with Gasteiger partial charge in [0.05, 0.1) is 11.9 Å². The molecule has 0 aliphatic rings. The third kappa shape index (κ3) is 3.17. The Bertz CT molecular complexity index is 321. The summed E-state index contributed by atoms with van der Waals surface area (Å²) in [5, 5.41) is 2.78. The molecule has 0 aromatic carbocycles. The van der Waals surface area contributed by atoms with Gasteiger partial charge in [-0.05, 0) is 24.0 Å². The van der Waals surface area contributed by atoms with Crippen LogP contribution in [0.25, 0.3) is 0 Å². The van der Waals surface area contributed by atoms with E-state index >= 15 is 0 Å². The summed E-state index contributed by atoms with van der Waals surface area (Å²) in [6, 6.07) is 1.95. The number of aromatic nitrogens is 1. The summed E-state index contributed by atoms with van der Waals surface area (Å²) in [5.74, 6) is 0.521. The molecule has 3 heteroatoms. The number of anilines is 1. The Morgan fingerprint density at radius 3 is 2.86 bits per heavy atom. The van der Waals surface area contributed by atoms with E-state index in [0.717, 1.165) is 17.7 Å². The minimum atomic E-state index is -0.0528. The van der Waals surface area contributed by atoms with Crippen molar-refractivity contribution < 1.29 is 4.79 Å². The molecule has 0 saturated heterocycles. The van der Waals surface area contributed by atoms with Gasteiger partial charge in [-0.3, -0.25) is 9.78 Å². The Kier molecular flexibility index (Phi) is 3.63. The highest BCUT2D eigenvalue weighted by Gasteiger charge is 2.05. The first-order valence-corrected chi connectivity index (χ1v) is 4.80. The van der Waals surface area contributed by atoms with E-state index in [0.29, 0.717) is 5.92 Å². The third-order valence-electron chi connectivity index (χ3n) is 1.85. The number of pyridine rings is 1. The average molecular weight is 192 g/mol. The van der Waals surface area contributed by atoms with E-state index in [1.54, 1.807) is 12.4 Å². The standard InChI is InChI=1S/C11H16N2O/c1-8(2)6-10-4-5-12-7-11(10)13-9(3)14/h4-5,7-8H,6H2,1-3H3,(H,13,14). The molecule has 1 aromatic heterocycles. The van der Waals surface area contributed by atoms with Gasteiger partial charge >= 0.3 is 0 Å². The summed E-state index contributed by atoms with van der Waals surface area (Å²) in [6.07, 6.45) is 4.40. The number of nitrogens with one attached hydrogen (secondary N) is 1. The number of amides is 1. The molecule has 3 nitrogen and oxygen atoms in total. The predicted octanol–water partition coefficient (Wildman–Crippen LogP) is 2.24. The van der Waals surface area contributed by atoms with E-state index in [1.807, 2.05) is 6.07 Å². The summed E-state index contributed by atoms with van der Waals surface area (Å²) >= 11 is 0. The molecule has 0 radical (unpaired) electrons. The summed E-state index contributed by atoms with van der Waals surface area (Å²) < 4.78 is 0. The Balaban J connectivity index is 2.85. The Morgan fingerprint density at radius 2 is 2.29 bits per heavy atom. The maximum atomic E-state index is 10.9. The smallest absolute Gasteiger partial charge is 0.221 e. The lowest BCUT2D eigenvalue weighted by atomic mass is 10.0. The van der Waals surface area contributed by atoms with E-state index in [9.17, 15) is 4.79 Å². The van der Waals surface area contributed by atoms with Crippen LogP contribution in [0.3, 0.4) is 0 Å². The number of carbonyl (C=O) groups is 1. The highest BCUT2D eigenvalue weighted by atomic mass is 16.1. The molecule has 14 heavy (non-hydrogen) atoms. The van der Waals surface area contributed by atoms with Crippen molar-refractivity contribution in [3.8, 4) is 0 Å². The molecule has 1 amide bonds. The van der Waals surface area contributed by atoms with Gasteiger partial charge in [0.25, 0.3) is 0 Å². The summed E-state index contributed by atoms with van der Waals surface area (Å²) in [6.45, 7) is 5.81. The monoisotopic (exact) mass is 192 g/mol. The van der Waals surface area contributed by atoms with Crippen LogP contribution in [0.2, 0.25) is 0 Å². The molecule has 1 N–H and O–H groups in total. The molecule has 0 atom stereocenters. The zero-order chi connectivity index (χ0) is 10.6. The van der Waals surface area contributed by atoms with E-state index in [4.69, 9.17) is 0 Å². The molecule has 0 unspecified atom stereocenters. The molecule has 0 saturated carbocycles. The fraction of sp³-hybridized carbons (Fsp3) is 0.455. The second-order valence-electron chi connectivity index (χ2n) is 3.81. The van der Waals surface area contributed by atoms with Crippen molar-refractivity contribution in [2.75, 3.05) is 5.32 Å². The average Bonchev–Trinajstić information content (AvgIpc) is 2.06. The van der Waals surface area contributed by atoms with Gasteiger partial charge in [-0.25, -0.2) is 0 Å². The van der Waals surface area contributed by atoms with E-state index in [1.165, 1.54) is 6.92 Å². The van der Waals surface area contributed by atoms with Gasteiger partial charge in [-0.1, -0.05) is 13.8 Å². The van der Waals surface area contributed by atoms with Crippen molar-refractivity contribution in [2.45, 2.75) is 27.2 Å². The zero-order valence-corrected chi connectivity index (χ0v) is 8.87. The number of carbonyl (C=O) groups excluding carboxylic acids is 1. The minimum Gasteiger partial charge on any atom is -0.325 e. The molecule has 0 spiro atoms. The van der Waals surface area contributed by atoms with Gasteiger partial charge in [0, 0.05) is 13.1 Å². The van der Waals surface area contributed by atoms with Crippen LogP contribution in [-0.2, 0) is 11.2 Å². The van der Waals surface area contributed by atoms with Gasteiger partial charge < -0.3 is 5.32 Å². The van der Waals surface area contributed by atoms with Crippen molar-refractivity contribution in [3.05, 3.63) is 24.0 Å². The Hall–Kier alpha value is -1.38. The largest absolute Gasteiger partial charge is 0.325 e. The first kappa shape index (κ1) is 10.7. The lowest BCUT2D eigenvalue weighted by Crippen LogP contribution is -2.09. The van der Waals surface area contributed by atoms with Gasteiger partial charge in [0.1, 0.15) is 0 Å². The van der Waals surface area contributed by atoms with Gasteiger partial charge in [0.15, 0.2) is 0 Å². The number of hydrogen-bond donors (Lipinski definition) is 1. The number of hydrogen-bond acceptors (Lipinski definition) is 2. The van der Waals surface area contributed by atoms with E-state index < -0.39 is 0 Å². The Labute approximate surface area is 84.6 Å². The second-order valence-corrected chi connectivity index (χ2v) is 3.81. The van der Waals surface area contributed by atoms with Crippen LogP contribution in [0.15, 0.2) is 18.5 Å². The molecule has 0 fully saturated rings. The summed E-state index contributed by atoms with van der Waals surface area (Å²) in [5.41, 5.74) is 1.97. The van der Waals surface area contributed by atoms with Crippen molar-refractivity contribution in [2.24, 2.45) is 5.92 Å². The van der Waals surface area contributed by atoms with Crippen molar-refractivity contribution in [3.63, 3.8) is 0 Å². The highest BCUT2D eigenvalue weighted by Crippen LogP contribution is 2.17. The van der Waals surface area contributed by atoms with E-state index in [-0.39, 0.29) is 5.91 Å². The SMILES string of the molecule is CC(=O)Nc1cnccc1CC(C)C. The van der Waals surface area contributed by atoms with Gasteiger partial charge in [-0.2, -0.15) is 0 Å². The quantitative estimate of drug-likeness (QED) is 0.798. The zero-order valence-electron chi connectivity index (χ0n) is 8.87.